The third-order valence-corrected chi connectivity index (χ3v) is 3.40. The first-order chi connectivity index (χ1) is 6.61. The van der Waals surface area contributed by atoms with Crippen LogP contribution in [0.25, 0.3) is 9.85 Å². The van der Waals surface area contributed by atoms with E-state index in [0.717, 1.165) is 6.42 Å². The molecular formula is C11H16N2O. The summed E-state index contributed by atoms with van der Waals surface area (Å²) in [5.74, 6) is 1.09. The molecule has 0 aromatic heterocycles. The van der Waals surface area contributed by atoms with Crippen LogP contribution in [-0.4, -0.2) is 6.04 Å². The highest BCUT2D eigenvalue weighted by Crippen LogP contribution is 2.39. The van der Waals surface area contributed by atoms with Crippen molar-refractivity contribution in [3.63, 3.8) is 0 Å². The highest BCUT2D eigenvalue weighted by atomic mass is 16.4. The van der Waals surface area contributed by atoms with Crippen molar-refractivity contribution < 1.29 is 0 Å². The second-order valence-electron chi connectivity index (χ2n) is 4.42. The molecule has 1 aliphatic carbocycles. The zero-order valence-corrected chi connectivity index (χ0v) is 8.90. The summed E-state index contributed by atoms with van der Waals surface area (Å²) in [5.41, 5.74) is 0. The van der Waals surface area contributed by atoms with Crippen molar-refractivity contribution in [1.82, 2.24) is 0 Å². The molecule has 0 aromatic carbocycles. The lowest BCUT2D eigenvalue weighted by atomic mass is 9.67. The Morgan fingerprint density at radius 2 is 1.93 bits per heavy atom. The van der Waals surface area contributed by atoms with Crippen molar-refractivity contribution in [3.8, 4) is 6.07 Å². The zero-order valence-electron chi connectivity index (χ0n) is 8.90. The molecule has 76 valence electrons. The highest BCUT2D eigenvalue weighted by Gasteiger charge is 2.44. The lowest BCUT2D eigenvalue weighted by molar-refractivity contribution is 0.168. The summed E-state index contributed by atoms with van der Waals surface area (Å²) in [5, 5.41) is 13.0. The largest absolute Gasteiger partial charge is 0.498 e. The van der Waals surface area contributed by atoms with Crippen molar-refractivity contribution in [2.45, 2.75) is 33.2 Å². The predicted molar refractivity (Wildman–Crippen MR) is 56.6 cm³/mol. The molecular weight excluding hydrogens is 176 g/mol. The highest BCUT2D eigenvalue weighted by molar-refractivity contribution is 5.07. The molecule has 0 heterocycles. The molecule has 0 N–H and O–H groups in total. The van der Waals surface area contributed by atoms with Crippen LogP contribution in [0.5, 0.6) is 0 Å². The average Bonchev–Trinajstić information content (AvgIpc) is 2.12. The molecule has 0 aromatic rings. The topological polar surface area (TPSA) is 31.8 Å². The summed E-state index contributed by atoms with van der Waals surface area (Å²) in [6.45, 7) is 13.4. The van der Waals surface area contributed by atoms with Gasteiger partial charge in [0, 0.05) is 10.9 Å². The number of rotatable bonds is 0. The summed E-state index contributed by atoms with van der Waals surface area (Å²) >= 11 is 0. The van der Waals surface area contributed by atoms with Crippen LogP contribution >= 0.6 is 0 Å². The van der Waals surface area contributed by atoms with E-state index in [1.165, 1.54) is 0 Å². The molecule has 0 radical (unpaired) electrons. The molecule has 14 heavy (non-hydrogen) atoms. The van der Waals surface area contributed by atoms with E-state index >= 15 is 0 Å². The number of hydrogen-bond donors (Lipinski definition) is 0. The van der Waals surface area contributed by atoms with E-state index in [1.807, 2.05) is 6.92 Å². The molecule has 0 spiro atoms. The lowest BCUT2D eigenvalue weighted by Crippen LogP contribution is -2.38. The first-order valence-corrected chi connectivity index (χ1v) is 5.06. The van der Waals surface area contributed by atoms with Gasteiger partial charge in [0.1, 0.15) is 5.92 Å². The Morgan fingerprint density at radius 1 is 1.29 bits per heavy atom. The first kappa shape index (κ1) is 10.9. The van der Waals surface area contributed by atoms with Crippen LogP contribution in [0.2, 0.25) is 0 Å². The van der Waals surface area contributed by atoms with Gasteiger partial charge in [0.2, 0.25) is 6.04 Å². The molecule has 0 saturated heterocycles. The van der Waals surface area contributed by atoms with Gasteiger partial charge in [-0.1, -0.05) is 20.8 Å². The van der Waals surface area contributed by atoms with Gasteiger partial charge in [-0.25, -0.2) is 6.57 Å². The van der Waals surface area contributed by atoms with E-state index in [-0.39, 0.29) is 17.9 Å². The fourth-order valence-corrected chi connectivity index (χ4v) is 2.67. The van der Waals surface area contributed by atoms with Gasteiger partial charge in [-0.15, -0.1) is 0 Å². The Bertz CT molecular complexity index is 297. The van der Waals surface area contributed by atoms with Crippen LogP contribution in [0.4, 0.5) is 0 Å². The van der Waals surface area contributed by atoms with E-state index in [9.17, 15) is 5.21 Å². The van der Waals surface area contributed by atoms with Gasteiger partial charge in [0.25, 0.3) is 0 Å². The molecule has 1 fully saturated rings. The average molecular weight is 192 g/mol. The SMILES string of the molecule is [C-]#[N+]C1C(C)CC(C)C(C#[N+][O-])C1C. The minimum Gasteiger partial charge on any atom is -0.498 e. The molecule has 0 bridgehead atoms. The van der Waals surface area contributed by atoms with Gasteiger partial charge in [-0.3, -0.25) is 0 Å². The summed E-state index contributed by atoms with van der Waals surface area (Å²) in [6, 6.07) is 2.61. The smallest absolute Gasteiger partial charge is 0.302 e. The second-order valence-corrected chi connectivity index (χ2v) is 4.42. The van der Waals surface area contributed by atoms with Crippen LogP contribution in [0.3, 0.4) is 0 Å². The van der Waals surface area contributed by atoms with Crippen molar-refractivity contribution in [2.24, 2.45) is 23.7 Å². The van der Waals surface area contributed by atoms with Crippen LogP contribution in [0, 0.1) is 41.5 Å². The van der Waals surface area contributed by atoms with Gasteiger partial charge in [0.15, 0.2) is 0 Å². The minimum absolute atomic E-state index is 0.0189. The fraction of sp³-hybridized carbons (Fsp3) is 0.818. The minimum atomic E-state index is 0.0189. The van der Waals surface area contributed by atoms with Gasteiger partial charge < -0.3 is 10.1 Å². The van der Waals surface area contributed by atoms with Crippen molar-refractivity contribution >= 4 is 0 Å². The second kappa shape index (κ2) is 4.33. The van der Waals surface area contributed by atoms with Gasteiger partial charge >= 0.3 is 6.07 Å². The van der Waals surface area contributed by atoms with E-state index in [0.29, 0.717) is 11.8 Å². The third kappa shape index (κ3) is 1.82. The van der Waals surface area contributed by atoms with E-state index in [4.69, 9.17) is 6.57 Å². The van der Waals surface area contributed by atoms with E-state index in [1.54, 1.807) is 0 Å². The molecule has 3 nitrogen and oxygen atoms in total. The van der Waals surface area contributed by atoms with Crippen LogP contribution in [0.1, 0.15) is 27.2 Å². The molecule has 5 unspecified atom stereocenters. The standard InChI is InChI=1S/C11H16N2O/c1-7-5-8(2)11(12-4)9(3)10(7)6-13-14/h7-11H,5H2,1-3H3. The van der Waals surface area contributed by atoms with Gasteiger partial charge in [0.05, 0.1) is 5.92 Å². The fourth-order valence-electron chi connectivity index (χ4n) is 2.67. The van der Waals surface area contributed by atoms with Gasteiger partial charge in [-0.2, -0.15) is 0 Å². The number of nitrogens with zero attached hydrogens (tertiary/aromatic N) is 2. The van der Waals surface area contributed by atoms with Crippen LogP contribution in [0.15, 0.2) is 0 Å². The first-order valence-electron chi connectivity index (χ1n) is 5.06. The molecule has 5 atom stereocenters. The summed E-state index contributed by atoms with van der Waals surface area (Å²) in [4.78, 5) is 3.64. The van der Waals surface area contributed by atoms with Crippen molar-refractivity contribution in [1.29, 1.82) is 0 Å². The maximum absolute atomic E-state index is 10.2. The quantitative estimate of drug-likeness (QED) is 0.429. The molecule has 3 heteroatoms. The Labute approximate surface area is 85.3 Å². The van der Waals surface area contributed by atoms with Crippen LogP contribution in [-0.2, 0) is 0 Å². The normalized spacial score (nSPS) is 42.0. The summed E-state index contributed by atoms with van der Waals surface area (Å²) < 4.78 is 0. The maximum Gasteiger partial charge on any atom is 0.302 e. The molecule has 1 aliphatic rings. The maximum atomic E-state index is 10.2. The van der Waals surface area contributed by atoms with Gasteiger partial charge in [-0.05, 0) is 12.3 Å². The Kier molecular flexibility index (Phi) is 3.36. The Morgan fingerprint density at radius 3 is 2.43 bits per heavy atom. The Balaban J connectivity index is 2.87. The Hall–Kier alpha value is -1.22. The van der Waals surface area contributed by atoms with Crippen molar-refractivity contribution in [3.05, 3.63) is 21.6 Å². The monoisotopic (exact) mass is 192 g/mol. The summed E-state index contributed by atoms with van der Waals surface area (Å²) in [7, 11) is 0. The molecule has 0 amide bonds. The number of hydrogen-bond acceptors (Lipinski definition) is 1. The zero-order chi connectivity index (χ0) is 10.7. The van der Waals surface area contributed by atoms with E-state index in [2.05, 4.69) is 29.8 Å². The molecule has 1 saturated carbocycles. The third-order valence-electron chi connectivity index (χ3n) is 3.40. The van der Waals surface area contributed by atoms with Crippen molar-refractivity contribution in [2.75, 3.05) is 0 Å². The lowest BCUT2D eigenvalue weighted by Gasteiger charge is -2.32. The van der Waals surface area contributed by atoms with Crippen LogP contribution < -0.4 is 0 Å². The predicted octanol–water partition coefficient (Wildman–Crippen LogP) is 3.03. The summed E-state index contributed by atoms with van der Waals surface area (Å²) in [6.07, 6.45) is 0.991. The molecule has 0 aliphatic heterocycles. The van der Waals surface area contributed by atoms with E-state index < -0.39 is 0 Å². The molecule has 1 rings (SSSR count).